The number of carbonyl (C=O) groups excluding carboxylic acids is 2. The smallest absolute Gasteiger partial charge is 0.155 e. The van der Waals surface area contributed by atoms with Crippen molar-refractivity contribution in [1.29, 1.82) is 0 Å². The van der Waals surface area contributed by atoms with Gasteiger partial charge >= 0.3 is 0 Å². The lowest BCUT2D eigenvalue weighted by Crippen LogP contribution is -1.98. The molecule has 0 aliphatic heterocycles. The van der Waals surface area contributed by atoms with E-state index < -0.39 is 0 Å². The van der Waals surface area contributed by atoms with Crippen LogP contribution in [0, 0.1) is 0 Å². The van der Waals surface area contributed by atoms with E-state index in [0.717, 1.165) is 44.8 Å². The Bertz CT molecular complexity index is 296. The molecule has 0 bridgehead atoms. The summed E-state index contributed by atoms with van der Waals surface area (Å²) >= 11 is 0. The molecular formula is C23H48O6. The number of hydrogen-bond acceptors (Lipinski definition) is 6. The van der Waals surface area contributed by atoms with Crippen molar-refractivity contribution >= 4 is 12.1 Å². The maximum absolute atomic E-state index is 10.3. The zero-order chi connectivity index (χ0) is 23.8. The van der Waals surface area contributed by atoms with Crippen LogP contribution in [0.25, 0.3) is 0 Å². The molecule has 4 N–H and O–H groups in total. The van der Waals surface area contributed by atoms with Crippen LogP contribution in [0.2, 0.25) is 0 Å². The lowest BCUT2D eigenvalue weighted by Gasteiger charge is -1.97. The van der Waals surface area contributed by atoms with Crippen LogP contribution >= 0.6 is 0 Å². The first-order chi connectivity index (χ1) is 13.9. The molecule has 0 saturated heterocycles. The average molecular weight is 421 g/mol. The number of allylic oxidation sites excluding steroid dienone is 1. The highest BCUT2D eigenvalue weighted by atomic mass is 16.3. The third-order valence-electron chi connectivity index (χ3n) is 2.82. The van der Waals surface area contributed by atoms with E-state index in [1.54, 1.807) is 6.08 Å². The van der Waals surface area contributed by atoms with Crippen molar-refractivity contribution in [2.45, 2.75) is 91.6 Å². The second kappa shape index (κ2) is 45.4. The van der Waals surface area contributed by atoms with Gasteiger partial charge in [-0.3, -0.25) is 4.79 Å². The van der Waals surface area contributed by atoms with Crippen molar-refractivity contribution in [3.63, 3.8) is 0 Å². The minimum atomic E-state index is -0.287. The topological polar surface area (TPSA) is 115 Å². The van der Waals surface area contributed by atoms with E-state index >= 15 is 0 Å². The second-order valence-electron chi connectivity index (χ2n) is 5.85. The first-order valence-corrected chi connectivity index (χ1v) is 10.6. The van der Waals surface area contributed by atoms with Gasteiger partial charge in [0.2, 0.25) is 0 Å². The summed E-state index contributed by atoms with van der Waals surface area (Å²) in [5.74, 6) is 0.141. The highest BCUT2D eigenvalue weighted by Crippen LogP contribution is 1.94. The molecule has 1 atom stereocenters. The number of aliphatic hydroxyl groups is 4. The summed E-state index contributed by atoms with van der Waals surface area (Å²) in [6.45, 7) is 15.3. The predicted molar refractivity (Wildman–Crippen MR) is 123 cm³/mol. The molecule has 6 heteroatoms. The highest BCUT2D eigenvalue weighted by Gasteiger charge is 1.91. The van der Waals surface area contributed by atoms with E-state index in [4.69, 9.17) is 20.4 Å². The van der Waals surface area contributed by atoms with Crippen LogP contribution in [0.1, 0.15) is 85.5 Å². The maximum Gasteiger partial charge on any atom is 0.155 e. The maximum atomic E-state index is 10.3. The monoisotopic (exact) mass is 420 g/mol. The van der Waals surface area contributed by atoms with Crippen molar-refractivity contribution in [2.24, 2.45) is 0 Å². The van der Waals surface area contributed by atoms with Crippen LogP contribution in [0.15, 0.2) is 25.3 Å². The Balaban J connectivity index is -0.0000000836. The molecule has 0 aromatic rings. The van der Waals surface area contributed by atoms with Crippen molar-refractivity contribution in [2.75, 3.05) is 19.8 Å². The molecule has 29 heavy (non-hydrogen) atoms. The largest absolute Gasteiger partial charge is 0.396 e. The Morgan fingerprint density at radius 2 is 1.38 bits per heavy atom. The quantitative estimate of drug-likeness (QED) is 0.215. The van der Waals surface area contributed by atoms with Crippen molar-refractivity contribution in [3.05, 3.63) is 25.3 Å². The lowest BCUT2D eigenvalue weighted by molar-refractivity contribution is -0.114. The van der Waals surface area contributed by atoms with E-state index in [-0.39, 0.29) is 25.1 Å². The summed E-state index contributed by atoms with van der Waals surface area (Å²) in [6, 6.07) is 0. The molecule has 176 valence electrons. The van der Waals surface area contributed by atoms with Crippen LogP contribution in [0.5, 0.6) is 0 Å². The van der Waals surface area contributed by atoms with Crippen molar-refractivity contribution in [1.82, 2.24) is 0 Å². The van der Waals surface area contributed by atoms with Gasteiger partial charge in [-0.25, -0.2) is 0 Å². The van der Waals surface area contributed by atoms with Crippen LogP contribution in [0.4, 0.5) is 0 Å². The first kappa shape index (κ1) is 38.3. The Morgan fingerprint density at radius 1 is 0.862 bits per heavy atom. The fourth-order valence-corrected chi connectivity index (χ4v) is 1.11. The summed E-state index contributed by atoms with van der Waals surface area (Å²) < 4.78 is 0. The standard InChI is InChI=1S/C6H12O.C6H10O.C4H10O.C4H8O.C3H8O2/c2*1-3-5-6(7)4-2;2*1-2-3-4-5;4-2-1-3-5/h4,6-7H,2-3,5H2,1H3;4H,2-3,5H2,1H3;5H,2-4H2,1H3;4H,2-3H2,1H3;4-5H,1-3H2. The van der Waals surface area contributed by atoms with Gasteiger partial charge in [0.15, 0.2) is 5.78 Å². The molecule has 1 unspecified atom stereocenters. The summed E-state index contributed by atoms with van der Waals surface area (Å²) in [4.78, 5) is 19.7. The number of carbonyl (C=O) groups is 2. The molecule has 0 fully saturated rings. The number of rotatable bonds is 12. The third kappa shape index (κ3) is 75.4. The van der Waals surface area contributed by atoms with Gasteiger partial charge in [0.05, 0.1) is 6.10 Å². The fraction of sp³-hybridized carbons (Fsp3) is 0.739. The summed E-state index contributed by atoms with van der Waals surface area (Å²) in [5, 5.41) is 32.6. The molecule has 0 aliphatic carbocycles. The van der Waals surface area contributed by atoms with Crippen LogP contribution in [-0.2, 0) is 9.59 Å². The third-order valence-corrected chi connectivity index (χ3v) is 2.82. The molecule has 0 spiro atoms. The zero-order valence-electron chi connectivity index (χ0n) is 19.3. The molecular weight excluding hydrogens is 372 g/mol. The van der Waals surface area contributed by atoms with E-state index in [0.29, 0.717) is 25.9 Å². The SMILES string of the molecule is C=CC(=O)CCC.C=CC(O)CCC.CCCC=O.CCCCO.OCCCO. The molecule has 0 amide bonds. The van der Waals surface area contributed by atoms with Gasteiger partial charge in [0, 0.05) is 32.7 Å². The Labute approximate surface area is 179 Å². The van der Waals surface area contributed by atoms with Gasteiger partial charge in [0.1, 0.15) is 6.29 Å². The van der Waals surface area contributed by atoms with Gasteiger partial charge in [-0.15, -0.1) is 6.58 Å². The molecule has 0 heterocycles. The number of ketones is 1. The molecule has 0 rings (SSSR count). The number of aliphatic hydroxyl groups excluding tert-OH is 4. The lowest BCUT2D eigenvalue weighted by atomic mass is 10.2. The van der Waals surface area contributed by atoms with Crippen LogP contribution in [0.3, 0.4) is 0 Å². The molecule has 0 aliphatic rings. The molecule has 0 saturated carbocycles. The van der Waals surface area contributed by atoms with Crippen molar-refractivity contribution < 1.29 is 30.0 Å². The molecule has 0 aromatic carbocycles. The Morgan fingerprint density at radius 3 is 1.45 bits per heavy atom. The van der Waals surface area contributed by atoms with E-state index in [9.17, 15) is 9.59 Å². The normalized spacial score (nSPS) is 9.38. The molecule has 0 aromatic heterocycles. The van der Waals surface area contributed by atoms with Gasteiger partial charge in [-0.2, -0.15) is 0 Å². The Hall–Kier alpha value is -1.34. The van der Waals surface area contributed by atoms with Crippen LogP contribution < -0.4 is 0 Å². The number of aldehydes is 1. The average Bonchev–Trinajstić information content (AvgIpc) is 2.72. The second-order valence-corrected chi connectivity index (χ2v) is 5.85. The summed E-state index contributed by atoms with van der Waals surface area (Å²) in [7, 11) is 0. The van der Waals surface area contributed by atoms with E-state index in [1.165, 1.54) is 6.08 Å². The number of hydrogen-bond donors (Lipinski definition) is 4. The summed E-state index contributed by atoms with van der Waals surface area (Å²) in [6.07, 6.45) is 11.2. The van der Waals surface area contributed by atoms with Gasteiger partial charge < -0.3 is 25.2 Å². The predicted octanol–water partition coefficient (Wildman–Crippen LogP) is 4.00. The minimum absolute atomic E-state index is 0.0938. The minimum Gasteiger partial charge on any atom is -0.396 e. The number of unbranched alkanes of at least 4 members (excludes halogenated alkanes) is 2. The van der Waals surface area contributed by atoms with Crippen molar-refractivity contribution in [3.8, 4) is 0 Å². The molecule has 6 nitrogen and oxygen atoms in total. The molecule has 0 radical (unpaired) electrons. The summed E-state index contributed by atoms with van der Waals surface area (Å²) in [5.41, 5.74) is 0. The Kier molecular flexibility index (Phi) is 60.0. The highest BCUT2D eigenvalue weighted by molar-refractivity contribution is 5.88. The van der Waals surface area contributed by atoms with Gasteiger partial charge in [-0.05, 0) is 38.2 Å². The van der Waals surface area contributed by atoms with E-state index in [2.05, 4.69) is 20.1 Å². The zero-order valence-corrected chi connectivity index (χ0v) is 19.3. The van der Waals surface area contributed by atoms with Gasteiger partial charge in [-0.1, -0.05) is 53.2 Å². The fourth-order valence-electron chi connectivity index (χ4n) is 1.11. The van der Waals surface area contributed by atoms with Crippen LogP contribution in [-0.4, -0.2) is 58.4 Å². The first-order valence-electron chi connectivity index (χ1n) is 10.6. The van der Waals surface area contributed by atoms with E-state index in [1.807, 2.05) is 20.8 Å². The van der Waals surface area contributed by atoms with Gasteiger partial charge in [0.25, 0.3) is 0 Å².